The first-order valence-corrected chi connectivity index (χ1v) is 21.3. The Hall–Kier alpha value is -6.60. The maximum Gasteiger partial charge on any atom is 0.326 e. The van der Waals surface area contributed by atoms with Gasteiger partial charge in [0, 0.05) is 43.2 Å². The molecule has 4 bridgehead atoms. The molecule has 1 aromatic heterocycles. The summed E-state index contributed by atoms with van der Waals surface area (Å²) in [4.78, 5) is 74.0. The number of carbonyl (C=O) groups is 5. The standard InChI is InChI=1S/C47H60N8O10/c1-25-40(30(21-49)19-35(52-25)28-9-11-31(12-10-28)47(3,4)5)44(60)51-23-39(57)55(6)41-29-18-34(42(58)38(20-29)65-24-32(56)22-50)33-16-27(8-13-37(33)64-15-7-14-48)17-36(46(62)63)54-43(59)26(2)53-45(41)61/h8-13,16,18-20,26,32,36,41,56,58H,7,14-15,17,21-24,48-50H2,1-6H3,(H,51,60)(H,53,61)(H,54,59)(H,62,63)/t26-,32+,36-,41-/m0/s1. The molecule has 12 N–H and O–H groups in total. The van der Waals surface area contributed by atoms with E-state index in [0.717, 1.165) is 16.0 Å². The van der Waals surface area contributed by atoms with Crippen LogP contribution in [0.15, 0.2) is 60.7 Å². The van der Waals surface area contributed by atoms with Gasteiger partial charge in [0.1, 0.15) is 36.6 Å². The van der Waals surface area contributed by atoms with Crippen LogP contribution in [0.3, 0.4) is 0 Å². The highest BCUT2D eigenvalue weighted by atomic mass is 16.5. The minimum Gasteiger partial charge on any atom is -0.504 e. The molecule has 0 fully saturated rings. The van der Waals surface area contributed by atoms with E-state index >= 15 is 0 Å². The van der Waals surface area contributed by atoms with E-state index in [0.29, 0.717) is 35.5 Å². The van der Waals surface area contributed by atoms with Crippen LogP contribution in [0.4, 0.5) is 0 Å². The van der Waals surface area contributed by atoms with E-state index in [2.05, 4.69) is 36.7 Å². The van der Waals surface area contributed by atoms with Gasteiger partial charge in [-0.15, -0.1) is 0 Å². The first-order valence-electron chi connectivity index (χ1n) is 21.3. The smallest absolute Gasteiger partial charge is 0.326 e. The Labute approximate surface area is 377 Å². The quantitative estimate of drug-likeness (QED) is 0.0774. The van der Waals surface area contributed by atoms with Gasteiger partial charge in [0.25, 0.3) is 5.91 Å². The van der Waals surface area contributed by atoms with E-state index in [1.54, 1.807) is 31.2 Å². The fraction of sp³-hybridized carbons (Fsp3) is 0.404. The summed E-state index contributed by atoms with van der Waals surface area (Å²) in [5.74, 6) is -4.82. The van der Waals surface area contributed by atoms with Crippen LogP contribution in [0.5, 0.6) is 17.2 Å². The number of aliphatic hydroxyl groups is 1. The second-order valence-electron chi connectivity index (χ2n) is 17.0. The molecule has 2 heterocycles. The summed E-state index contributed by atoms with van der Waals surface area (Å²) in [6.07, 6.45) is -0.864. The van der Waals surface area contributed by atoms with E-state index in [9.17, 15) is 39.3 Å². The number of nitrogens with zero attached hydrogens (tertiary/aromatic N) is 2. The number of phenolic OH excluding ortho intramolecular Hbond substituents is 1. The zero-order valence-corrected chi connectivity index (χ0v) is 37.6. The molecule has 4 aromatic rings. The molecule has 1 aliphatic heterocycles. The van der Waals surface area contributed by atoms with E-state index in [1.807, 2.05) is 24.3 Å². The summed E-state index contributed by atoms with van der Waals surface area (Å²) in [6, 6.07) is 12.9. The molecule has 65 heavy (non-hydrogen) atoms. The van der Waals surface area contributed by atoms with E-state index in [-0.39, 0.29) is 71.9 Å². The summed E-state index contributed by atoms with van der Waals surface area (Å²) in [7, 11) is 1.32. The molecule has 1 aliphatic rings. The van der Waals surface area contributed by atoms with Gasteiger partial charge in [-0.1, -0.05) is 51.1 Å². The Bertz CT molecular complexity index is 2400. The van der Waals surface area contributed by atoms with Gasteiger partial charge >= 0.3 is 5.97 Å². The Kier molecular flexibility index (Phi) is 16.3. The number of rotatable bonds is 15. The van der Waals surface area contributed by atoms with Crippen molar-refractivity contribution in [3.8, 4) is 39.6 Å². The monoisotopic (exact) mass is 896 g/mol. The first-order chi connectivity index (χ1) is 30.8. The number of carboxylic acids is 1. The molecule has 0 aliphatic carbocycles. The average molecular weight is 897 g/mol. The molecule has 3 aromatic carbocycles. The lowest BCUT2D eigenvalue weighted by Gasteiger charge is -2.30. The number of pyridine rings is 1. The lowest BCUT2D eigenvalue weighted by Crippen LogP contribution is -2.53. The highest BCUT2D eigenvalue weighted by Crippen LogP contribution is 2.45. The van der Waals surface area contributed by atoms with Gasteiger partial charge < -0.3 is 62.8 Å². The van der Waals surface area contributed by atoms with Crippen molar-refractivity contribution >= 4 is 29.6 Å². The van der Waals surface area contributed by atoms with Crippen LogP contribution in [0, 0.1) is 6.92 Å². The number of amides is 4. The number of fused-ring (bicyclic) bond motifs is 5. The van der Waals surface area contributed by atoms with Crippen LogP contribution >= 0.6 is 0 Å². The van der Waals surface area contributed by atoms with Crippen LogP contribution < -0.4 is 42.6 Å². The number of aromatic hydroxyl groups is 1. The van der Waals surface area contributed by atoms with Gasteiger partial charge in [-0.05, 0) is 84.8 Å². The maximum absolute atomic E-state index is 14.4. The van der Waals surface area contributed by atoms with Crippen LogP contribution in [-0.4, -0.2) is 113 Å². The lowest BCUT2D eigenvalue weighted by molar-refractivity contribution is -0.142. The molecule has 0 unspecified atom stereocenters. The van der Waals surface area contributed by atoms with Crippen molar-refractivity contribution in [2.24, 2.45) is 17.2 Å². The number of likely N-dealkylation sites (N-methyl/N-ethyl adjacent to an activating group) is 1. The minimum atomic E-state index is -1.56. The maximum atomic E-state index is 14.4. The number of carbonyl (C=O) groups excluding carboxylic acids is 4. The van der Waals surface area contributed by atoms with Crippen molar-refractivity contribution in [2.45, 2.75) is 83.6 Å². The number of aromatic nitrogens is 1. The number of carboxylic acid groups (broad SMARTS) is 1. The van der Waals surface area contributed by atoms with Gasteiger partial charge in [-0.2, -0.15) is 0 Å². The summed E-state index contributed by atoms with van der Waals surface area (Å²) in [6.45, 7) is 8.71. The molecule has 0 saturated heterocycles. The van der Waals surface area contributed by atoms with Crippen molar-refractivity contribution in [3.63, 3.8) is 0 Å². The normalized spacial score (nSPS) is 16.9. The number of aliphatic hydroxyl groups excluding tert-OH is 1. The fourth-order valence-electron chi connectivity index (χ4n) is 7.31. The number of nitrogens with one attached hydrogen (secondary N) is 3. The zero-order valence-electron chi connectivity index (χ0n) is 37.6. The highest BCUT2D eigenvalue weighted by Gasteiger charge is 2.35. The average Bonchev–Trinajstić information content (AvgIpc) is 3.27. The van der Waals surface area contributed by atoms with Crippen molar-refractivity contribution in [1.82, 2.24) is 25.8 Å². The summed E-state index contributed by atoms with van der Waals surface area (Å²) < 4.78 is 11.9. The van der Waals surface area contributed by atoms with E-state index in [4.69, 9.17) is 31.7 Å². The Balaban J connectivity index is 1.56. The fourth-order valence-corrected chi connectivity index (χ4v) is 7.31. The predicted octanol–water partition coefficient (Wildman–Crippen LogP) is 2.17. The third-order valence-corrected chi connectivity index (χ3v) is 11.1. The van der Waals surface area contributed by atoms with Gasteiger partial charge in [-0.25, -0.2) is 4.79 Å². The molecule has 348 valence electrons. The Morgan fingerprint density at radius 3 is 2.29 bits per heavy atom. The number of phenols is 1. The van der Waals surface area contributed by atoms with Crippen molar-refractivity contribution < 1.29 is 48.8 Å². The molecule has 4 amide bonds. The molecule has 0 radical (unpaired) electrons. The summed E-state index contributed by atoms with van der Waals surface area (Å²) in [5, 5.41) is 39.9. The lowest BCUT2D eigenvalue weighted by atomic mass is 9.86. The van der Waals surface area contributed by atoms with E-state index < -0.39 is 66.1 Å². The minimum absolute atomic E-state index is 0.00711. The number of aliphatic carboxylic acids is 1. The third kappa shape index (κ3) is 12.0. The zero-order chi connectivity index (χ0) is 47.7. The van der Waals surface area contributed by atoms with Crippen molar-refractivity contribution in [3.05, 3.63) is 94.2 Å². The van der Waals surface area contributed by atoms with E-state index in [1.165, 1.54) is 26.1 Å². The molecular formula is C47H60N8O10. The topological polar surface area (TPSA) is 295 Å². The number of benzene rings is 3. The largest absolute Gasteiger partial charge is 0.504 e. The third-order valence-electron chi connectivity index (χ3n) is 11.1. The van der Waals surface area contributed by atoms with Gasteiger partial charge in [0.15, 0.2) is 11.5 Å². The molecular weight excluding hydrogens is 837 g/mol. The molecule has 18 nitrogen and oxygen atoms in total. The predicted molar refractivity (Wildman–Crippen MR) is 243 cm³/mol. The SMILES string of the molecule is Cc1nc(-c2ccc(C(C)(C)C)cc2)cc(CN)c1C(=O)NCC(=O)N(C)[C@@H]1C(=O)N[C@@H](C)C(=O)N[C@H](C(=O)O)Cc2ccc(OCCCN)c(c2)-c2cc1cc(OC[C@H](O)CN)c2O. The van der Waals surface area contributed by atoms with Crippen molar-refractivity contribution in [2.75, 3.05) is 39.9 Å². The van der Waals surface area contributed by atoms with Crippen LogP contribution in [0.25, 0.3) is 22.4 Å². The molecule has 0 saturated carbocycles. The number of ether oxygens (including phenoxy) is 2. The van der Waals surface area contributed by atoms with Gasteiger partial charge in [-0.3, -0.25) is 24.2 Å². The van der Waals surface area contributed by atoms with Crippen molar-refractivity contribution in [1.29, 1.82) is 0 Å². The number of hydrogen-bond donors (Lipinski definition) is 9. The second-order valence-corrected chi connectivity index (χ2v) is 17.0. The Morgan fingerprint density at radius 2 is 1.66 bits per heavy atom. The second kappa shape index (κ2) is 21.4. The van der Waals surface area contributed by atoms with Crippen LogP contribution in [0.2, 0.25) is 0 Å². The molecule has 4 atom stereocenters. The van der Waals surface area contributed by atoms with Gasteiger partial charge in [0.2, 0.25) is 17.7 Å². The number of nitrogens with two attached hydrogens (primary N) is 3. The van der Waals surface area contributed by atoms with Gasteiger partial charge in [0.05, 0.1) is 30.1 Å². The van der Waals surface area contributed by atoms with Crippen LogP contribution in [-0.2, 0) is 37.6 Å². The summed E-state index contributed by atoms with van der Waals surface area (Å²) in [5.41, 5.74) is 21.9. The van der Waals surface area contributed by atoms with Crippen LogP contribution in [0.1, 0.15) is 78.5 Å². The number of hydrogen-bond acceptors (Lipinski definition) is 13. The first kappa shape index (κ1) is 49.4. The Morgan fingerprint density at radius 1 is 0.954 bits per heavy atom. The molecule has 18 heteroatoms. The highest BCUT2D eigenvalue weighted by molar-refractivity contribution is 6.00. The summed E-state index contributed by atoms with van der Waals surface area (Å²) >= 11 is 0. The molecule has 5 rings (SSSR count). The number of aryl methyl sites for hydroxylation is 1. The molecule has 0 spiro atoms.